The molecular formula is C19H21NO5. The summed E-state index contributed by atoms with van der Waals surface area (Å²) in [4.78, 5) is 23.1. The van der Waals surface area contributed by atoms with Gasteiger partial charge in [0.1, 0.15) is 11.5 Å². The highest BCUT2D eigenvalue weighted by molar-refractivity contribution is 5.88. The maximum Gasteiger partial charge on any atom is 0.335 e. The number of benzene rings is 2. The molecule has 0 saturated carbocycles. The van der Waals surface area contributed by atoms with Crippen LogP contribution >= 0.6 is 0 Å². The lowest BCUT2D eigenvalue weighted by atomic mass is 10.1. The molecule has 6 nitrogen and oxygen atoms in total. The average Bonchev–Trinajstić information content (AvgIpc) is 2.62. The predicted molar refractivity (Wildman–Crippen MR) is 93.2 cm³/mol. The first kappa shape index (κ1) is 18.3. The van der Waals surface area contributed by atoms with Crippen LogP contribution in [0.25, 0.3) is 0 Å². The quantitative estimate of drug-likeness (QED) is 0.769. The number of carbonyl (C=O) groups excluding carboxylic acids is 1. The second-order valence-corrected chi connectivity index (χ2v) is 5.45. The van der Waals surface area contributed by atoms with Crippen molar-refractivity contribution in [3.05, 3.63) is 59.7 Å². The number of hydrogen-bond donors (Lipinski definition) is 2. The van der Waals surface area contributed by atoms with Crippen molar-refractivity contribution < 1.29 is 24.2 Å². The van der Waals surface area contributed by atoms with Crippen molar-refractivity contribution in [1.29, 1.82) is 0 Å². The molecule has 0 aliphatic heterocycles. The van der Waals surface area contributed by atoms with Gasteiger partial charge >= 0.3 is 5.97 Å². The highest BCUT2D eigenvalue weighted by Crippen LogP contribution is 2.20. The molecule has 0 fully saturated rings. The molecule has 6 heteroatoms. The van der Waals surface area contributed by atoms with Crippen molar-refractivity contribution in [3.63, 3.8) is 0 Å². The normalized spacial score (nSPS) is 11.4. The van der Waals surface area contributed by atoms with Gasteiger partial charge in [0.25, 0.3) is 5.91 Å². The molecule has 0 aliphatic rings. The number of rotatable bonds is 8. The van der Waals surface area contributed by atoms with E-state index in [2.05, 4.69) is 5.32 Å². The Morgan fingerprint density at radius 3 is 2.52 bits per heavy atom. The Bertz CT molecular complexity index is 730. The number of para-hydroxylation sites is 1. The number of methoxy groups -OCH3 is 1. The Hall–Kier alpha value is -3.02. The predicted octanol–water partition coefficient (Wildman–Crippen LogP) is 2.52. The first-order chi connectivity index (χ1) is 12.0. The molecule has 0 radical (unpaired) electrons. The molecule has 2 aromatic carbocycles. The standard InChI is InChI=1S/C19H21NO5/c1-13(25-16-6-4-3-5-7-16)18(21)20-11-10-14-8-9-15(19(22)23)12-17(14)24-2/h3-9,12-13H,10-11H2,1-2H3,(H,20,21)(H,22,23). The molecule has 1 amide bonds. The molecule has 1 atom stereocenters. The zero-order chi connectivity index (χ0) is 18.2. The molecule has 132 valence electrons. The van der Waals surface area contributed by atoms with Crippen LogP contribution in [-0.2, 0) is 11.2 Å². The minimum Gasteiger partial charge on any atom is -0.496 e. The van der Waals surface area contributed by atoms with Gasteiger partial charge in [-0.3, -0.25) is 4.79 Å². The molecule has 0 saturated heterocycles. The van der Waals surface area contributed by atoms with Gasteiger partial charge in [-0.25, -0.2) is 4.79 Å². The third kappa shape index (κ3) is 5.24. The zero-order valence-electron chi connectivity index (χ0n) is 14.2. The molecule has 0 bridgehead atoms. The Balaban J connectivity index is 1.87. The molecule has 0 spiro atoms. The first-order valence-electron chi connectivity index (χ1n) is 7.91. The van der Waals surface area contributed by atoms with Gasteiger partial charge in [-0.1, -0.05) is 24.3 Å². The number of carboxylic acid groups (broad SMARTS) is 1. The molecule has 0 aromatic heterocycles. The van der Waals surface area contributed by atoms with E-state index in [9.17, 15) is 9.59 Å². The smallest absolute Gasteiger partial charge is 0.335 e. The summed E-state index contributed by atoms with van der Waals surface area (Å²) in [5, 5.41) is 11.8. The van der Waals surface area contributed by atoms with E-state index in [4.69, 9.17) is 14.6 Å². The van der Waals surface area contributed by atoms with Crippen molar-refractivity contribution in [2.75, 3.05) is 13.7 Å². The number of aromatic carboxylic acids is 1. The molecule has 0 aliphatic carbocycles. The number of nitrogens with one attached hydrogen (secondary N) is 1. The highest BCUT2D eigenvalue weighted by atomic mass is 16.5. The van der Waals surface area contributed by atoms with E-state index in [1.165, 1.54) is 19.2 Å². The van der Waals surface area contributed by atoms with E-state index in [1.54, 1.807) is 25.1 Å². The van der Waals surface area contributed by atoms with Crippen molar-refractivity contribution in [1.82, 2.24) is 5.32 Å². The van der Waals surface area contributed by atoms with Crippen molar-refractivity contribution in [2.24, 2.45) is 0 Å². The third-order valence-electron chi connectivity index (χ3n) is 3.65. The minimum absolute atomic E-state index is 0.162. The van der Waals surface area contributed by atoms with Gasteiger partial charge in [0.2, 0.25) is 0 Å². The van der Waals surface area contributed by atoms with E-state index in [1.807, 2.05) is 18.2 Å². The number of amides is 1. The van der Waals surface area contributed by atoms with Crippen LogP contribution in [0.3, 0.4) is 0 Å². The van der Waals surface area contributed by atoms with Gasteiger partial charge in [0.05, 0.1) is 12.7 Å². The fourth-order valence-electron chi connectivity index (χ4n) is 2.30. The van der Waals surface area contributed by atoms with E-state index in [0.717, 1.165) is 5.56 Å². The summed E-state index contributed by atoms with van der Waals surface area (Å²) in [7, 11) is 1.48. The minimum atomic E-state index is -1.01. The van der Waals surface area contributed by atoms with Crippen LogP contribution in [0.4, 0.5) is 0 Å². The lowest BCUT2D eigenvalue weighted by Gasteiger charge is -2.15. The van der Waals surface area contributed by atoms with Crippen molar-refractivity contribution in [3.8, 4) is 11.5 Å². The average molecular weight is 343 g/mol. The SMILES string of the molecule is COc1cc(C(=O)O)ccc1CCNC(=O)C(C)Oc1ccccc1. The third-order valence-corrected chi connectivity index (χ3v) is 3.65. The monoisotopic (exact) mass is 343 g/mol. The highest BCUT2D eigenvalue weighted by Gasteiger charge is 2.14. The number of hydrogen-bond acceptors (Lipinski definition) is 4. The summed E-state index contributed by atoms with van der Waals surface area (Å²) in [5.41, 5.74) is 0.985. The lowest BCUT2D eigenvalue weighted by Crippen LogP contribution is -2.37. The number of ether oxygens (including phenoxy) is 2. The summed E-state index contributed by atoms with van der Waals surface area (Å²) in [6, 6.07) is 13.8. The van der Waals surface area contributed by atoms with E-state index in [-0.39, 0.29) is 11.5 Å². The van der Waals surface area contributed by atoms with Gasteiger partial charge < -0.3 is 19.9 Å². The lowest BCUT2D eigenvalue weighted by molar-refractivity contribution is -0.127. The van der Waals surface area contributed by atoms with Gasteiger partial charge in [-0.05, 0) is 43.2 Å². The van der Waals surface area contributed by atoms with Crippen LogP contribution < -0.4 is 14.8 Å². The Kier molecular flexibility index (Phi) is 6.39. The van der Waals surface area contributed by atoms with E-state index in [0.29, 0.717) is 24.5 Å². The number of carbonyl (C=O) groups is 2. The van der Waals surface area contributed by atoms with Crippen LogP contribution in [0.15, 0.2) is 48.5 Å². The second kappa shape index (κ2) is 8.73. The largest absolute Gasteiger partial charge is 0.496 e. The van der Waals surface area contributed by atoms with E-state index < -0.39 is 12.1 Å². The fraction of sp³-hybridized carbons (Fsp3) is 0.263. The Morgan fingerprint density at radius 1 is 1.16 bits per heavy atom. The molecular weight excluding hydrogens is 322 g/mol. The van der Waals surface area contributed by atoms with Gasteiger partial charge in [-0.2, -0.15) is 0 Å². The van der Waals surface area contributed by atoms with Crippen LogP contribution in [0.1, 0.15) is 22.8 Å². The summed E-state index contributed by atoms with van der Waals surface area (Å²) < 4.78 is 10.8. The Morgan fingerprint density at radius 2 is 1.88 bits per heavy atom. The maximum absolute atomic E-state index is 12.1. The summed E-state index contributed by atoms with van der Waals surface area (Å²) in [5.74, 6) is -0.103. The summed E-state index contributed by atoms with van der Waals surface area (Å²) in [6.07, 6.45) is -0.0916. The van der Waals surface area contributed by atoms with Crippen molar-refractivity contribution in [2.45, 2.75) is 19.4 Å². The van der Waals surface area contributed by atoms with Crippen molar-refractivity contribution >= 4 is 11.9 Å². The maximum atomic E-state index is 12.1. The van der Waals surface area contributed by atoms with Gasteiger partial charge in [0, 0.05) is 6.54 Å². The van der Waals surface area contributed by atoms with Crippen LogP contribution in [-0.4, -0.2) is 36.7 Å². The fourth-order valence-corrected chi connectivity index (χ4v) is 2.30. The second-order valence-electron chi connectivity index (χ2n) is 5.45. The molecule has 1 unspecified atom stereocenters. The molecule has 2 aromatic rings. The van der Waals surface area contributed by atoms with Crippen LogP contribution in [0.5, 0.6) is 11.5 Å². The van der Waals surface area contributed by atoms with Crippen LogP contribution in [0, 0.1) is 0 Å². The summed E-state index contributed by atoms with van der Waals surface area (Å²) >= 11 is 0. The van der Waals surface area contributed by atoms with Gasteiger partial charge in [-0.15, -0.1) is 0 Å². The topological polar surface area (TPSA) is 84.9 Å². The summed E-state index contributed by atoms with van der Waals surface area (Å²) in [6.45, 7) is 2.08. The van der Waals surface area contributed by atoms with Gasteiger partial charge in [0.15, 0.2) is 6.10 Å². The number of carboxylic acids is 1. The molecule has 25 heavy (non-hydrogen) atoms. The van der Waals surface area contributed by atoms with E-state index >= 15 is 0 Å². The molecule has 2 N–H and O–H groups in total. The Labute approximate surface area is 146 Å². The molecule has 0 heterocycles. The van der Waals surface area contributed by atoms with Crippen LogP contribution in [0.2, 0.25) is 0 Å². The first-order valence-corrected chi connectivity index (χ1v) is 7.91. The molecule has 2 rings (SSSR count). The zero-order valence-corrected chi connectivity index (χ0v) is 14.2.